The van der Waals surface area contributed by atoms with E-state index in [-0.39, 0.29) is 5.56 Å². The van der Waals surface area contributed by atoms with E-state index in [2.05, 4.69) is 10.1 Å². The average molecular weight is 393 g/mol. The van der Waals surface area contributed by atoms with Crippen molar-refractivity contribution in [2.45, 2.75) is 13.5 Å². The second kappa shape index (κ2) is 7.44. The van der Waals surface area contributed by atoms with Gasteiger partial charge >= 0.3 is 0 Å². The molecule has 142 valence electrons. The van der Waals surface area contributed by atoms with Gasteiger partial charge in [0.25, 0.3) is 5.56 Å². The molecule has 0 radical (unpaired) electrons. The lowest BCUT2D eigenvalue weighted by molar-refractivity contribution is 0.355. The van der Waals surface area contributed by atoms with Crippen LogP contribution in [0.1, 0.15) is 10.6 Å². The fourth-order valence-electron chi connectivity index (χ4n) is 3.10. The predicted molar refractivity (Wildman–Crippen MR) is 110 cm³/mol. The summed E-state index contributed by atoms with van der Waals surface area (Å²) < 4.78 is 13.0. The van der Waals surface area contributed by atoms with Gasteiger partial charge in [0.1, 0.15) is 5.69 Å². The summed E-state index contributed by atoms with van der Waals surface area (Å²) in [5.74, 6) is 1.25. The Bertz CT molecular complexity index is 1200. The zero-order valence-corrected chi connectivity index (χ0v) is 16.6. The highest BCUT2D eigenvalue weighted by atomic mass is 32.1. The molecule has 0 atom stereocenters. The van der Waals surface area contributed by atoms with E-state index in [0.717, 1.165) is 20.8 Å². The number of aromatic nitrogens is 3. The lowest BCUT2D eigenvalue weighted by atomic mass is 10.1. The zero-order chi connectivity index (χ0) is 19.7. The monoisotopic (exact) mass is 393 g/mol. The molecule has 0 unspecified atom stereocenters. The highest BCUT2D eigenvalue weighted by molar-refractivity contribution is 7.19. The Hall–Kier alpha value is -3.19. The zero-order valence-electron chi connectivity index (χ0n) is 15.8. The Kier molecular flexibility index (Phi) is 4.83. The number of rotatable bonds is 5. The van der Waals surface area contributed by atoms with Crippen LogP contribution in [0.4, 0.5) is 0 Å². The van der Waals surface area contributed by atoms with Crippen LogP contribution in [-0.2, 0) is 6.54 Å². The summed E-state index contributed by atoms with van der Waals surface area (Å²) in [5, 5.41) is 5.52. The lowest BCUT2D eigenvalue weighted by Gasteiger charge is -2.11. The molecule has 0 fully saturated rings. The van der Waals surface area contributed by atoms with E-state index < -0.39 is 0 Å². The minimum Gasteiger partial charge on any atom is -0.493 e. The van der Waals surface area contributed by atoms with Gasteiger partial charge in [-0.05, 0) is 30.7 Å². The van der Waals surface area contributed by atoms with Gasteiger partial charge in [0, 0.05) is 5.56 Å². The summed E-state index contributed by atoms with van der Waals surface area (Å²) in [5.41, 5.74) is 2.80. The number of hydrogen-bond acceptors (Lipinski definition) is 6. The number of hydrogen-bond donors (Lipinski definition) is 0. The van der Waals surface area contributed by atoms with Gasteiger partial charge in [-0.2, -0.15) is 5.10 Å². The van der Waals surface area contributed by atoms with E-state index in [1.54, 1.807) is 14.2 Å². The van der Waals surface area contributed by atoms with Gasteiger partial charge in [0.15, 0.2) is 17.0 Å². The topological polar surface area (TPSA) is 66.2 Å². The van der Waals surface area contributed by atoms with Gasteiger partial charge in [-0.25, -0.2) is 9.67 Å². The van der Waals surface area contributed by atoms with Crippen molar-refractivity contribution in [3.63, 3.8) is 0 Å². The average Bonchev–Trinajstić information content (AvgIpc) is 3.12. The minimum atomic E-state index is -0.188. The van der Waals surface area contributed by atoms with E-state index in [9.17, 15) is 4.79 Å². The highest BCUT2D eigenvalue weighted by Crippen LogP contribution is 2.35. The van der Waals surface area contributed by atoms with Crippen molar-refractivity contribution in [2.75, 3.05) is 14.2 Å². The summed E-state index contributed by atoms with van der Waals surface area (Å²) in [6.07, 6.45) is 0. The Morgan fingerprint density at radius 3 is 2.50 bits per heavy atom. The van der Waals surface area contributed by atoms with Crippen LogP contribution in [0.3, 0.4) is 0 Å². The highest BCUT2D eigenvalue weighted by Gasteiger charge is 2.18. The molecule has 0 bridgehead atoms. The largest absolute Gasteiger partial charge is 0.493 e. The molecule has 0 saturated carbocycles. The van der Waals surface area contributed by atoms with E-state index in [1.807, 2.05) is 55.5 Å². The maximum absolute atomic E-state index is 13.0. The van der Waals surface area contributed by atoms with Crippen LogP contribution < -0.4 is 15.0 Å². The molecule has 0 aliphatic heterocycles. The Morgan fingerprint density at radius 1 is 1.04 bits per heavy atom. The molecule has 28 heavy (non-hydrogen) atoms. The van der Waals surface area contributed by atoms with Crippen molar-refractivity contribution in [3.05, 3.63) is 69.5 Å². The van der Waals surface area contributed by atoms with Gasteiger partial charge in [-0.1, -0.05) is 30.3 Å². The van der Waals surface area contributed by atoms with Gasteiger partial charge < -0.3 is 9.47 Å². The SMILES string of the molecule is COc1ccc(-c2nn(Cc3ccccc3)c(=O)c3nc(C)sc23)cc1OC. The summed E-state index contributed by atoms with van der Waals surface area (Å²) in [4.78, 5) is 17.4. The van der Waals surface area contributed by atoms with Crippen LogP contribution >= 0.6 is 11.3 Å². The van der Waals surface area contributed by atoms with E-state index >= 15 is 0 Å². The second-order valence-corrected chi connectivity index (χ2v) is 7.48. The van der Waals surface area contributed by atoms with Crippen LogP contribution in [-0.4, -0.2) is 29.0 Å². The smallest absolute Gasteiger partial charge is 0.294 e. The molecule has 2 aromatic carbocycles. The number of methoxy groups -OCH3 is 2. The maximum Gasteiger partial charge on any atom is 0.294 e. The Labute approximate surface area is 166 Å². The van der Waals surface area contributed by atoms with E-state index in [4.69, 9.17) is 9.47 Å². The molecule has 4 aromatic rings. The van der Waals surface area contributed by atoms with Crippen LogP contribution in [0.5, 0.6) is 11.5 Å². The first-order valence-corrected chi connectivity index (χ1v) is 9.57. The van der Waals surface area contributed by atoms with Gasteiger partial charge in [0.05, 0.1) is 30.5 Å². The van der Waals surface area contributed by atoms with Crippen LogP contribution in [0.25, 0.3) is 21.5 Å². The molecule has 0 saturated heterocycles. The number of benzene rings is 2. The second-order valence-electron chi connectivity index (χ2n) is 6.28. The first-order valence-electron chi connectivity index (χ1n) is 8.75. The van der Waals surface area contributed by atoms with Crippen molar-refractivity contribution < 1.29 is 9.47 Å². The van der Waals surface area contributed by atoms with E-state index in [1.165, 1.54) is 16.0 Å². The molecular weight excluding hydrogens is 374 g/mol. The molecule has 0 N–H and O–H groups in total. The van der Waals surface area contributed by atoms with Gasteiger partial charge in [-0.3, -0.25) is 4.79 Å². The van der Waals surface area contributed by atoms with Crippen LogP contribution in [0, 0.1) is 6.92 Å². The third kappa shape index (κ3) is 3.25. The quantitative estimate of drug-likeness (QED) is 0.515. The van der Waals surface area contributed by atoms with Crippen LogP contribution in [0.15, 0.2) is 53.3 Å². The number of thiazole rings is 1. The molecule has 0 amide bonds. The van der Waals surface area contributed by atoms with Gasteiger partial charge in [-0.15, -0.1) is 11.3 Å². The van der Waals surface area contributed by atoms with Crippen molar-refractivity contribution in [2.24, 2.45) is 0 Å². The molecule has 6 nitrogen and oxygen atoms in total. The Morgan fingerprint density at radius 2 is 1.79 bits per heavy atom. The molecule has 7 heteroatoms. The molecule has 0 spiro atoms. The third-order valence-electron chi connectivity index (χ3n) is 4.44. The van der Waals surface area contributed by atoms with Crippen LogP contribution in [0.2, 0.25) is 0 Å². The molecule has 4 rings (SSSR count). The number of fused-ring (bicyclic) bond motifs is 1. The summed E-state index contributed by atoms with van der Waals surface area (Å²) >= 11 is 1.47. The van der Waals surface area contributed by atoms with E-state index in [0.29, 0.717) is 29.3 Å². The predicted octanol–water partition coefficient (Wildman–Crippen LogP) is 3.89. The molecule has 0 aliphatic rings. The van der Waals surface area contributed by atoms with Crippen molar-refractivity contribution >= 4 is 21.6 Å². The summed E-state index contributed by atoms with van der Waals surface area (Å²) in [6, 6.07) is 15.4. The first-order chi connectivity index (χ1) is 13.6. The lowest BCUT2D eigenvalue weighted by Crippen LogP contribution is -2.24. The fraction of sp³-hybridized carbons (Fsp3) is 0.190. The third-order valence-corrected chi connectivity index (χ3v) is 5.42. The number of ether oxygens (including phenoxy) is 2. The summed E-state index contributed by atoms with van der Waals surface area (Å²) in [7, 11) is 3.19. The van der Waals surface area contributed by atoms with Crippen molar-refractivity contribution in [3.8, 4) is 22.8 Å². The molecule has 0 aliphatic carbocycles. The molecule has 2 aromatic heterocycles. The van der Waals surface area contributed by atoms with Crippen molar-refractivity contribution in [1.82, 2.24) is 14.8 Å². The number of nitrogens with zero attached hydrogens (tertiary/aromatic N) is 3. The number of aryl methyl sites for hydroxylation is 1. The maximum atomic E-state index is 13.0. The normalized spacial score (nSPS) is 11.0. The van der Waals surface area contributed by atoms with Gasteiger partial charge in [0.2, 0.25) is 0 Å². The Balaban J connectivity index is 1.92. The first kappa shape index (κ1) is 18.2. The fourth-order valence-corrected chi connectivity index (χ4v) is 4.02. The minimum absolute atomic E-state index is 0.188. The standard InChI is InChI=1S/C21H19N3O3S/c1-13-22-19-20(28-13)18(15-9-10-16(26-2)17(11-15)27-3)23-24(21(19)25)12-14-7-5-4-6-8-14/h4-11H,12H2,1-3H3. The molecular formula is C21H19N3O3S. The van der Waals surface area contributed by atoms with Crippen molar-refractivity contribution in [1.29, 1.82) is 0 Å². The summed E-state index contributed by atoms with van der Waals surface area (Å²) in [6.45, 7) is 2.27. The molecule has 2 heterocycles.